The van der Waals surface area contributed by atoms with Gasteiger partial charge in [-0.25, -0.2) is 0 Å². The van der Waals surface area contributed by atoms with Gasteiger partial charge in [0.15, 0.2) is 0 Å². The average molecular weight is 207 g/mol. The predicted octanol–water partition coefficient (Wildman–Crippen LogP) is 2.75. The van der Waals surface area contributed by atoms with E-state index in [2.05, 4.69) is 12.1 Å². The highest BCUT2D eigenvalue weighted by Crippen LogP contribution is 2.18. The molecule has 2 nitrogen and oxygen atoms in total. The molecule has 0 aliphatic carbocycles. The van der Waals surface area contributed by atoms with Crippen molar-refractivity contribution in [1.82, 2.24) is 0 Å². The lowest BCUT2D eigenvalue weighted by molar-refractivity contribution is 0.131. The zero-order valence-corrected chi connectivity index (χ0v) is 10.1. The second-order valence-electron chi connectivity index (χ2n) is 5.04. The minimum absolute atomic E-state index is 0.136. The largest absolute Gasteiger partial charge is 0.488 e. The molecular weight excluding hydrogens is 186 g/mol. The second-order valence-corrected chi connectivity index (χ2v) is 5.04. The zero-order valence-electron chi connectivity index (χ0n) is 10.1. The van der Waals surface area contributed by atoms with E-state index in [1.54, 1.807) is 0 Å². The first-order valence-corrected chi connectivity index (χ1v) is 5.40. The fourth-order valence-electron chi connectivity index (χ4n) is 1.42. The number of rotatable bonds is 3. The van der Waals surface area contributed by atoms with Gasteiger partial charge in [0, 0.05) is 6.04 Å². The van der Waals surface area contributed by atoms with Crippen LogP contribution in [0.5, 0.6) is 5.75 Å². The highest BCUT2D eigenvalue weighted by Gasteiger charge is 2.11. The molecule has 0 unspecified atom stereocenters. The van der Waals surface area contributed by atoms with Crippen LogP contribution in [0.3, 0.4) is 0 Å². The molecule has 2 heteroatoms. The van der Waals surface area contributed by atoms with Crippen molar-refractivity contribution >= 4 is 0 Å². The molecule has 0 heterocycles. The average Bonchev–Trinajstić information content (AvgIpc) is 2.05. The van der Waals surface area contributed by atoms with Crippen LogP contribution in [-0.4, -0.2) is 11.6 Å². The van der Waals surface area contributed by atoms with Crippen LogP contribution in [0.2, 0.25) is 0 Å². The van der Waals surface area contributed by atoms with Crippen molar-refractivity contribution < 1.29 is 4.74 Å². The van der Waals surface area contributed by atoms with Crippen molar-refractivity contribution in [3.8, 4) is 5.75 Å². The summed E-state index contributed by atoms with van der Waals surface area (Å²) in [5.41, 5.74) is 6.85. The Labute approximate surface area is 92.4 Å². The third kappa shape index (κ3) is 4.84. The molecule has 0 aliphatic heterocycles. The maximum Gasteiger partial charge on any atom is 0.120 e. The van der Waals surface area contributed by atoms with Gasteiger partial charge >= 0.3 is 0 Å². The molecule has 1 aromatic rings. The van der Waals surface area contributed by atoms with Crippen molar-refractivity contribution in [3.63, 3.8) is 0 Å². The normalized spacial score (nSPS) is 13.7. The summed E-state index contributed by atoms with van der Waals surface area (Å²) in [4.78, 5) is 0. The summed E-state index contributed by atoms with van der Waals surface area (Å²) in [6.45, 7) is 8.15. The Morgan fingerprint density at radius 2 is 1.73 bits per heavy atom. The SMILES string of the molecule is C[C@@H](N)Cc1ccc(OC(C)(C)C)cc1. The summed E-state index contributed by atoms with van der Waals surface area (Å²) in [6.07, 6.45) is 0.912. The maximum atomic E-state index is 5.73. The molecule has 84 valence electrons. The standard InChI is InChI=1S/C13H21NO/c1-10(14)9-11-5-7-12(8-6-11)15-13(2,3)4/h5-8,10H,9,14H2,1-4H3/t10-/m1/s1. The van der Waals surface area contributed by atoms with Crippen LogP contribution in [0.4, 0.5) is 0 Å². The lowest BCUT2D eigenvalue weighted by Crippen LogP contribution is -2.23. The minimum Gasteiger partial charge on any atom is -0.488 e. The summed E-state index contributed by atoms with van der Waals surface area (Å²) < 4.78 is 5.73. The third-order valence-corrected chi connectivity index (χ3v) is 1.91. The molecule has 0 aromatic heterocycles. The quantitative estimate of drug-likeness (QED) is 0.827. The molecule has 0 fully saturated rings. The van der Waals surface area contributed by atoms with E-state index in [-0.39, 0.29) is 11.6 Å². The Bertz CT molecular complexity index is 295. The molecule has 1 atom stereocenters. The van der Waals surface area contributed by atoms with Crippen molar-refractivity contribution in [2.24, 2.45) is 5.73 Å². The Hall–Kier alpha value is -1.02. The van der Waals surface area contributed by atoms with Gasteiger partial charge in [0.1, 0.15) is 11.4 Å². The molecule has 0 aliphatic rings. The minimum atomic E-state index is -0.136. The second kappa shape index (κ2) is 4.67. The van der Waals surface area contributed by atoms with Crippen LogP contribution in [0, 0.1) is 0 Å². The topological polar surface area (TPSA) is 35.2 Å². The van der Waals surface area contributed by atoms with Gasteiger partial charge in [0.05, 0.1) is 0 Å². The highest BCUT2D eigenvalue weighted by molar-refractivity contribution is 5.28. The van der Waals surface area contributed by atoms with Gasteiger partial charge in [-0.15, -0.1) is 0 Å². The van der Waals surface area contributed by atoms with Gasteiger partial charge in [0.25, 0.3) is 0 Å². The summed E-state index contributed by atoms with van der Waals surface area (Å²) in [5, 5.41) is 0. The fourth-order valence-corrected chi connectivity index (χ4v) is 1.42. The summed E-state index contributed by atoms with van der Waals surface area (Å²) in [7, 11) is 0. The lowest BCUT2D eigenvalue weighted by atomic mass is 10.1. The molecule has 0 radical (unpaired) electrons. The van der Waals surface area contributed by atoms with Gasteiger partial charge in [-0.2, -0.15) is 0 Å². The van der Waals surface area contributed by atoms with Crippen molar-refractivity contribution in [2.75, 3.05) is 0 Å². The van der Waals surface area contributed by atoms with Crippen molar-refractivity contribution in [2.45, 2.75) is 45.8 Å². The Morgan fingerprint density at radius 1 is 1.20 bits per heavy atom. The van der Waals surface area contributed by atoms with Gasteiger partial charge in [-0.05, 0) is 51.8 Å². The van der Waals surface area contributed by atoms with E-state index >= 15 is 0 Å². The maximum absolute atomic E-state index is 5.73. The molecule has 2 N–H and O–H groups in total. The zero-order chi connectivity index (χ0) is 11.5. The number of hydrogen-bond donors (Lipinski definition) is 1. The molecule has 15 heavy (non-hydrogen) atoms. The van der Waals surface area contributed by atoms with Crippen LogP contribution in [0.15, 0.2) is 24.3 Å². The number of hydrogen-bond acceptors (Lipinski definition) is 2. The molecule has 1 rings (SSSR count). The molecule has 0 bridgehead atoms. The Morgan fingerprint density at radius 3 is 2.13 bits per heavy atom. The van der Waals surface area contributed by atoms with E-state index in [1.165, 1.54) is 5.56 Å². The summed E-state index contributed by atoms with van der Waals surface area (Å²) >= 11 is 0. The van der Waals surface area contributed by atoms with Gasteiger partial charge < -0.3 is 10.5 Å². The summed E-state index contributed by atoms with van der Waals surface area (Å²) in [6, 6.07) is 8.36. The van der Waals surface area contributed by atoms with Crippen LogP contribution >= 0.6 is 0 Å². The van der Waals surface area contributed by atoms with E-state index in [9.17, 15) is 0 Å². The molecule has 0 saturated carbocycles. The molecule has 0 spiro atoms. The first kappa shape index (κ1) is 12.1. The van der Waals surface area contributed by atoms with Crippen LogP contribution in [-0.2, 0) is 6.42 Å². The Balaban J connectivity index is 2.64. The summed E-state index contributed by atoms with van der Waals surface area (Å²) in [5.74, 6) is 0.913. The van der Waals surface area contributed by atoms with Crippen molar-refractivity contribution in [1.29, 1.82) is 0 Å². The molecule has 1 aromatic carbocycles. The van der Waals surface area contributed by atoms with Crippen LogP contribution in [0.25, 0.3) is 0 Å². The molecule has 0 amide bonds. The number of nitrogens with two attached hydrogens (primary N) is 1. The van der Waals surface area contributed by atoms with Crippen molar-refractivity contribution in [3.05, 3.63) is 29.8 Å². The van der Waals surface area contributed by atoms with E-state index < -0.39 is 0 Å². The van der Waals surface area contributed by atoms with Gasteiger partial charge in [0.2, 0.25) is 0 Å². The molecular formula is C13H21NO. The predicted molar refractivity (Wildman–Crippen MR) is 64.2 cm³/mol. The van der Waals surface area contributed by atoms with E-state index in [1.807, 2.05) is 39.8 Å². The number of ether oxygens (including phenoxy) is 1. The first-order chi connectivity index (χ1) is 6.87. The Kier molecular flexibility index (Phi) is 3.75. The van der Waals surface area contributed by atoms with E-state index in [4.69, 9.17) is 10.5 Å². The fraction of sp³-hybridized carbons (Fsp3) is 0.538. The monoisotopic (exact) mass is 207 g/mol. The van der Waals surface area contributed by atoms with Crippen LogP contribution in [0.1, 0.15) is 33.3 Å². The highest BCUT2D eigenvalue weighted by atomic mass is 16.5. The van der Waals surface area contributed by atoms with E-state index in [0.717, 1.165) is 12.2 Å². The van der Waals surface area contributed by atoms with Gasteiger partial charge in [-0.3, -0.25) is 0 Å². The molecule has 0 saturated heterocycles. The van der Waals surface area contributed by atoms with E-state index in [0.29, 0.717) is 0 Å². The first-order valence-electron chi connectivity index (χ1n) is 5.40. The lowest BCUT2D eigenvalue weighted by Gasteiger charge is -2.21. The van der Waals surface area contributed by atoms with Crippen LogP contribution < -0.4 is 10.5 Å². The smallest absolute Gasteiger partial charge is 0.120 e. The third-order valence-electron chi connectivity index (χ3n) is 1.91. The van der Waals surface area contributed by atoms with Gasteiger partial charge in [-0.1, -0.05) is 12.1 Å². The number of benzene rings is 1.